The van der Waals surface area contributed by atoms with Crippen molar-refractivity contribution >= 4 is 6.03 Å². The molecule has 5 heteroatoms. The van der Waals surface area contributed by atoms with Crippen LogP contribution in [0.25, 0.3) is 0 Å². The molecule has 2 atom stereocenters. The Balaban J connectivity index is 1.65. The molecule has 1 aliphatic rings. The smallest absolute Gasteiger partial charge is 0.315 e. The van der Waals surface area contributed by atoms with Gasteiger partial charge in [-0.25, -0.2) is 4.79 Å². The van der Waals surface area contributed by atoms with Gasteiger partial charge in [0.15, 0.2) is 0 Å². The third-order valence-corrected chi connectivity index (χ3v) is 4.57. The minimum Gasteiger partial charge on any atom is -0.382 e. The number of nitrogens with zero attached hydrogens (tertiary/aromatic N) is 1. The number of likely N-dealkylation sites (tertiary alicyclic amines) is 1. The van der Waals surface area contributed by atoms with Crippen molar-refractivity contribution in [2.24, 2.45) is 5.92 Å². The van der Waals surface area contributed by atoms with Gasteiger partial charge in [0, 0.05) is 45.4 Å². The molecule has 1 aromatic carbocycles. The molecule has 2 rings (SSSR count). The second-order valence-electron chi connectivity index (χ2n) is 6.54. The number of urea groups is 1. The molecule has 1 aliphatic heterocycles. The van der Waals surface area contributed by atoms with Crippen LogP contribution in [0.15, 0.2) is 30.3 Å². The molecule has 24 heavy (non-hydrogen) atoms. The van der Waals surface area contributed by atoms with Crippen LogP contribution in [0.1, 0.15) is 32.3 Å². The van der Waals surface area contributed by atoms with E-state index in [2.05, 4.69) is 22.5 Å². The van der Waals surface area contributed by atoms with Crippen molar-refractivity contribution in [1.29, 1.82) is 0 Å². The van der Waals surface area contributed by atoms with Gasteiger partial charge in [0.25, 0.3) is 0 Å². The number of amides is 2. The van der Waals surface area contributed by atoms with Gasteiger partial charge >= 0.3 is 6.03 Å². The number of carbonyl (C=O) groups is 1. The van der Waals surface area contributed by atoms with E-state index < -0.39 is 0 Å². The summed E-state index contributed by atoms with van der Waals surface area (Å²) in [5.74, 6) is 0.466. The van der Waals surface area contributed by atoms with Crippen molar-refractivity contribution in [2.75, 3.05) is 32.8 Å². The lowest BCUT2D eigenvalue weighted by atomic mass is 9.94. The number of hydrogen-bond donors (Lipinski definition) is 2. The first-order valence-electron chi connectivity index (χ1n) is 9.07. The Hall–Kier alpha value is -1.59. The van der Waals surface area contributed by atoms with E-state index in [1.807, 2.05) is 37.3 Å². The molecule has 134 valence electrons. The predicted octanol–water partition coefficient (Wildman–Crippen LogP) is 2.62. The highest BCUT2D eigenvalue weighted by Crippen LogP contribution is 2.17. The van der Waals surface area contributed by atoms with E-state index in [0.717, 1.165) is 51.3 Å². The third-order valence-electron chi connectivity index (χ3n) is 4.57. The maximum absolute atomic E-state index is 12.1. The Bertz CT molecular complexity index is 481. The summed E-state index contributed by atoms with van der Waals surface area (Å²) in [5, 5.41) is 6.08. The van der Waals surface area contributed by atoms with Crippen LogP contribution >= 0.6 is 0 Å². The molecule has 2 N–H and O–H groups in total. The Labute approximate surface area is 145 Å². The van der Waals surface area contributed by atoms with E-state index in [1.165, 1.54) is 0 Å². The van der Waals surface area contributed by atoms with Crippen molar-refractivity contribution < 1.29 is 9.53 Å². The fourth-order valence-electron chi connectivity index (χ4n) is 3.18. The lowest BCUT2D eigenvalue weighted by molar-refractivity contribution is 0.110. The first kappa shape index (κ1) is 18.7. The maximum atomic E-state index is 12.1. The summed E-state index contributed by atoms with van der Waals surface area (Å²) in [7, 11) is 0. The second kappa shape index (κ2) is 10.3. The Kier molecular flexibility index (Phi) is 8.05. The lowest BCUT2D eigenvalue weighted by Crippen LogP contribution is -2.52. The standard InChI is InChI=1S/C19H31N3O2/c1-3-24-13-7-11-22-12-10-18(16(2)15-22)21-19(23)20-14-17-8-5-4-6-9-17/h4-6,8-9,16,18H,3,7,10-15H2,1-2H3,(H2,20,21,23)/t16-,18-/m1/s1. The zero-order valence-corrected chi connectivity index (χ0v) is 15.0. The molecular formula is C19H31N3O2. The highest BCUT2D eigenvalue weighted by Gasteiger charge is 2.26. The molecule has 1 saturated heterocycles. The highest BCUT2D eigenvalue weighted by atomic mass is 16.5. The average Bonchev–Trinajstić information content (AvgIpc) is 2.60. The highest BCUT2D eigenvalue weighted by molar-refractivity contribution is 5.74. The van der Waals surface area contributed by atoms with Gasteiger partial charge in [0.1, 0.15) is 0 Å². The number of benzene rings is 1. The van der Waals surface area contributed by atoms with E-state index in [9.17, 15) is 4.79 Å². The van der Waals surface area contributed by atoms with Crippen LogP contribution < -0.4 is 10.6 Å². The molecule has 0 unspecified atom stereocenters. The number of ether oxygens (including phenoxy) is 1. The summed E-state index contributed by atoms with van der Waals surface area (Å²) < 4.78 is 5.40. The average molecular weight is 333 g/mol. The lowest BCUT2D eigenvalue weighted by Gasteiger charge is -2.37. The summed E-state index contributed by atoms with van der Waals surface area (Å²) in [4.78, 5) is 14.6. The van der Waals surface area contributed by atoms with Gasteiger partial charge < -0.3 is 20.3 Å². The van der Waals surface area contributed by atoms with Gasteiger partial charge in [-0.05, 0) is 31.2 Å². The van der Waals surface area contributed by atoms with Gasteiger partial charge in [-0.2, -0.15) is 0 Å². The first-order chi connectivity index (χ1) is 11.7. The van der Waals surface area contributed by atoms with Crippen molar-refractivity contribution in [3.05, 3.63) is 35.9 Å². The normalized spacial score (nSPS) is 21.4. The van der Waals surface area contributed by atoms with Crippen molar-refractivity contribution in [2.45, 2.75) is 39.3 Å². The van der Waals surface area contributed by atoms with E-state index in [1.54, 1.807) is 0 Å². The fraction of sp³-hybridized carbons (Fsp3) is 0.632. The van der Waals surface area contributed by atoms with Crippen LogP contribution in [0.5, 0.6) is 0 Å². The van der Waals surface area contributed by atoms with Crippen LogP contribution in [-0.4, -0.2) is 49.8 Å². The monoisotopic (exact) mass is 333 g/mol. The maximum Gasteiger partial charge on any atom is 0.315 e. The molecule has 5 nitrogen and oxygen atoms in total. The third kappa shape index (κ3) is 6.49. The molecule has 0 radical (unpaired) electrons. The minimum atomic E-state index is -0.0690. The number of rotatable bonds is 8. The van der Waals surface area contributed by atoms with Crippen LogP contribution in [-0.2, 0) is 11.3 Å². The molecule has 1 heterocycles. The Morgan fingerprint density at radius 1 is 1.33 bits per heavy atom. The molecule has 0 saturated carbocycles. The minimum absolute atomic E-state index is 0.0690. The summed E-state index contributed by atoms with van der Waals surface area (Å²) in [6.45, 7) is 9.61. The van der Waals surface area contributed by atoms with Crippen molar-refractivity contribution in [3.8, 4) is 0 Å². The quantitative estimate of drug-likeness (QED) is 0.719. The molecule has 0 bridgehead atoms. The second-order valence-corrected chi connectivity index (χ2v) is 6.54. The number of carbonyl (C=O) groups excluding carboxylic acids is 1. The SMILES string of the molecule is CCOCCCN1CC[C@@H](NC(=O)NCc2ccccc2)[C@H](C)C1. The summed E-state index contributed by atoms with van der Waals surface area (Å²) in [6, 6.07) is 10.2. The largest absolute Gasteiger partial charge is 0.382 e. The molecule has 0 spiro atoms. The van der Waals surface area contributed by atoms with Gasteiger partial charge in [-0.1, -0.05) is 37.3 Å². The fourth-order valence-corrected chi connectivity index (χ4v) is 3.18. The molecular weight excluding hydrogens is 302 g/mol. The number of nitrogens with one attached hydrogen (secondary N) is 2. The topological polar surface area (TPSA) is 53.6 Å². The Morgan fingerprint density at radius 2 is 2.12 bits per heavy atom. The predicted molar refractivity (Wildman–Crippen MR) is 96.9 cm³/mol. The zero-order valence-electron chi connectivity index (χ0n) is 15.0. The van der Waals surface area contributed by atoms with Crippen LogP contribution in [0.2, 0.25) is 0 Å². The zero-order chi connectivity index (χ0) is 17.2. The van der Waals surface area contributed by atoms with E-state index in [-0.39, 0.29) is 12.1 Å². The van der Waals surface area contributed by atoms with Gasteiger partial charge in [0.05, 0.1) is 0 Å². The summed E-state index contributed by atoms with van der Waals surface area (Å²) >= 11 is 0. The molecule has 1 fully saturated rings. The first-order valence-corrected chi connectivity index (χ1v) is 9.07. The van der Waals surface area contributed by atoms with Gasteiger partial charge in [-0.3, -0.25) is 0 Å². The molecule has 2 amide bonds. The van der Waals surface area contributed by atoms with E-state index in [4.69, 9.17) is 4.74 Å². The molecule has 1 aromatic rings. The van der Waals surface area contributed by atoms with Gasteiger partial charge in [-0.15, -0.1) is 0 Å². The molecule has 0 aliphatic carbocycles. The molecule has 0 aromatic heterocycles. The van der Waals surface area contributed by atoms with Crippen LogP contribution in [0, 0.1) is 5.92 Å². The van der Waals surface area contributed by atoms with Crippen molar-refractivity contribution in [3.63, 3.8) is 0 Å². The van der Waals surface area contributed by atoms with E-state index >= 15 is 0 Å². The Morgan fingerprint density at radius 3 is 2.83 bits per heavy atom. The van der Waals surface area contributed by atoms with Gasteiger partial charge in [0.2, 0.25) is 0 Å². The number of hydrogen-bond acceptors (Lipinski definition) is 3. The van der Waals surface area contributed by atoms with Crippen LogP contribution in [0.4, 0.5) is 4.79 Å². The van der Waals surface area contributed by atoms with Crippen LogP contribution in [0.3, 0.4) is 0 Å². The summed E-state index contributed by atoms with van der Waals surface area (Å²) in [5.41, 5.74) is 1.12. The van der Waals surface area contributed by atoms with E-state index in [0.29, 0.717) is 12.5 Å². The number of piperidine rings is 1. The summed E-state index contributed by atoms with van der Waals surface area (Å²) in [6.07, 6.45) is 2.09. The van der Waals surface area contributed by atoms with Crippen molar-refractivity contribution in [1.82, 2.24) is 15.5 Å².